The molecule has 2 rings (SSSR count). The van der Waals surface area contributed by atoms with Gasteiger partial charge in [0.2, 0.25) is 0 Å². The smallest absolute Gasteiger partial charge is 0.282 e. The molecule has 0 radical (unpaired) electrons. The molecule has 0 atom stereocenters. The molecule has 0 fully saturated rings. The predicted octanol–water partition coefficient (Wildman–Crippen LogP) is 1.70. The van der Waals surface area contributed by atoms with Crippen LogP contribution in [0.1, 0.15) is 15.9 Å². The lowest BCUT2D eigenvalue weighted by Gasteiger charge is -2.05. The number of carbonyl (C=O) groups is 1. The minimum Gasteiger partial charge on any atom is -0.472 e. The molecular weight excluding hydrogens is 250 g/mol. The van der Waals surface area contributed by atoms with Crippen LogP contribution in [-0.2, 0) is 6.54 Å². The molecule has 1 aromatic heterocycles. The highest BCUT2D eigenvalue weighted by Gasteiger charge is 2.20. The standard InChI is InChI=1S/C12H11N3O4/c13-9-1-2-11(15(17)18)10(5-9)12(16)14-6-8-3-4-19-7-8/h1-5,7H,6,13H2,(H,14,16). The molecule has 0 saturated heterocycles. The number of nitro benzene ring substituents is 1. The van der Waals surface area contributed by atoms with E-state index in [2.05, 4.69) is 5.32 Å². The molecular formula is C12H11N3O4. The van der Waals surface area contributed by atoms with Gasteiger partial charge in [-0.3, -0.25) is 14.9 Å². The van der Waals surface area contributed by atoms with Crippen LogP contribution in [0.15, 0.2) is 41.2 Å². The Labute approximate surface area is 108 Å². The summed E-state index contributed by atoms with van der Waals surface area (Å²) in [7, 11) is 0. The molecule has 0 bridgehead atoms. The summed E-state index contributed by atoms with van der Waals surface area (Å²) in [6.07, 6.45) is 2.96. The molecule has 2 aromatic rings. The molecule has 7 heteroatoms. The zero-order valence-electron chi connectivity index (χ0n) is 9.83. The fraction of sp³-hybridized carbons (Fsp3) is 0.0833. The zero-order chi connectivity index (χ0) is 13.8. The third-order valence-corrected chi connectivity index (χ3v) is 2.50. The molecule has 0 saturated carbocycles. The number of carbonyl (C=O) groups excluding carboxylic acids is 1. The van der Waals surface area contributed by atoms with Gasteiger partial charge in [-0.15, -0.1) is 0 Å². The highest BCUT2D eigenvalue weighted by Crippen LogP contribution is 2.21. The average Bonchev–Trinajstić information content (AvgIpc) is 2.88. The zero-order valence-corrected chi connectivity index (χ0v) is 9.83. The molecule has 0 aliphatic rings. The normalized spacial score (nSPS) is 10.1. The Balaban J connectivity index is 2.18. The first-order chi connectivity index (χ1) is 9.08. The number of nitrogen functional groups attached to an aromatic ring is 1. The molecule has 7 nitrogen and oxygen atoms in total. The number of amides is 1. The Morgan fingerprint density at radius 3 is 2.84 bits per heavy atom. The van der Waals surface area contributed by atoms with Crippen LogP contribution in [0.4, 0.5) is 11.4 Å². The molecule has 1 amide bonds. The van der Waals surface area contributed by atoms with E-state index in [1.807, 2.05) is 0 Å². The van der Waals surface area contributed by atoms with Crippen LogP contribution in [0.25, 0.3) is 0 Å². The summed E-state index contributed by atoms with van der Waals surface area (Å²) in [4.78, 5) is 22.1. The molecule has 98 valence electrons. The van der Waals surface area contributed by atoms with E-state index in [0.717, 1.165) is 5.56 Å². The first-order valence-electron chi connectivity index (χ1n) is 5.41. The minimum atomic E-state index is -0.619. The van der Waals surface area contributed by atoms with E-state index in [-0.39, 0.29) is 17.8 Å². The predicted molar refractivity (Wildman–Crippen MR) is 67.4 cm³/mol. The minimum absolute atomic E-state index is 0.0616. The second-order valence-corrected chi connectivity index (χ2v) is 3.85. The largest absolute Gasteiger partial charge is 0.472 e. The SMILES string of the molecule is Nc1ccc([N+](=O)[O-])c(C(=O)NCc2ccoc2)c1. The van der Waals surface area contributed by atoms with E-state index in [0.29, 0.717) is 5.69 Å². The molecule has 0 aliphatic heterocycles. The summed E-state index contributed by atoms with van der Waals surface area (Å²) in [6.45, 7) is 0.223. The molecule has 0 spiro atoms. The van der Waals surface area contributed by atoms with E-state index in [1.165, 1.54) is 30.7 Å². The second-order valence-electron chi connectivity index (χ2n) is 3.85. The maximum Gasteiger partial charge on any atom is 0.282 e. The van der Waals surface area contributed by atoms with Crippen LogP contribution in [0.3, 0.4) is 0 Å². The molecule has 0 unspecified atom stereocenters. The van der Waals surface area contributed by atoms with Crippen LogP contribution in [0.5, 0.6) is 0 Å². The van der Waals surface area contributed by atoms with E-state index < -0.39 is 10.8 Å². The number of hydrogen-bond donors (Lipinski definition) is 2. The first kappa shape index (κ1) is 12.6. The monoisotopic (exact) mass is 261 g/mol. The number of hydrogen-bond acceptors (Lipinski definition) is 5. The number of benzene rings is 1. The van der Waals surface area contributed by atoms with Crippen LogP contribution in [0.2, 0.25) is 0 Å². The van der Waals surface area contributed by atoms with Crippen molar-refractivity contribution in [3.05, 3.63) is 58.0 Å². The maximum absolute atomic E-state index is 11.9. The number of nitro groups is 1. The van der Waals surface area contributed by atoms with Gasteiger partial charge in [0.05, 0.1) is 17.4 Å². The van der Waals surface area contributed by atoms with Crippen molar-refractivity contribution in [1.29, 1.82) is 0 Å². The van der Waals surface area contributed by atoms with Crippen molar-refractivity contribution in [3.63, 3.8) is 0 Å². The fourth-order valence-electron chi connectivity index (χ4n) is 1.57. The quantitative estimate of drug-likeness (QED) is 0.494. The number of rotatable bonds is 4. The fourth-order valence-corrected chi connectivity index (χ4v) is 1.57. The van der Waals surface area contributed by atoms with Gasteiger partial charge in [0.25, 0.3) is 11.6 Å². The summed E-state index contributed by atoms with van der Waals surface area (Å²) in [6, 6.07) is 5.56. The van der Waals surface area contributed by atoms with E-state index >= 15 is 0 Å². The van der Waals surface area contributed by atoms with Crippen molar-refractivity contribution in [2.75, 3.05) is 5.73 Å². The Hall–Kier alpha value is -2.83. The van der Waals surface area contributed by atoms with Gasteiger partial charge in [-0.25, -0.2) is 0 Å². The summed E-state index contributed by atoms with van der Waals surface area (Å²) in [5.74, 6) is -0.555. The van der Waals surface area contributed by atoms with Gasteiger partial charge >= 0.3 is 0 Å². The van der Waals surface area contributed by atoms with Gasteiger partial charge in [-0.1, -0.05) is 0 Å². The lowest BCUT2D eigenvalue weighted by atomic mass is 10.1. The van der Waals surface area contributed by atoms with Gasteiger partial charge in [-0.2, -0.15) is 0 Å². The number of anilines is 1. The molecule has 1 aromatic carbocycles. The van der Waals surface area contributed by atoms with Crippen LogP contribution < -0.4 is 11.1 Å². The van der Waals surface area contributed by atoms with Crippen molar-refractivity contribution in [3.8, 4) is 0 Å². The lowest BCUT2D eigenvalue weighted by molar-refractivity contribution is -0.385. The number of nitrogens with one attached hydrogen (secondary N) is 1. The van der Waals surface area contributed by atoms with Gasteiger partial charge in [0, 0.05) is 23.9 Å². The highest BCUT2D eigenvalue weighted by molar-refractivity contribution is 5.98. The van der Waals surface area contributed by atoms with Crippen LogP contribution >= 0.6 is 0 Å². The molecule has 3 N–H and O–H groups in total. The van der Waals surface area contributed by atoms with Crippen LogP contribution in [-0.4, -0.2) is 10.8 Å². The Kier molecular flexibility index (Phi) is 3.46. The topological polar surface area (TPSA) is 111 Å². The van der Waals surface area contributed by atoms with E-state index in [9.17, 15) is 14.9 Å². The Morgan fingerprint density at radius 2 is 2.21 bits per heavy atom. The van der Waals surface area contributed by atoms with Gasteiger partial charge in [0.1, 0.15) is 5.56 Å². The Bertz CT molecular complexity index is 607. The average molecular weight is 261 g/mol. The number of nitrogens with two attached hydrogens (primary N) is 1. The summed E-state index contributed by atoms with van der Waals surface area (Å²) < 4.78 is 4.85. The third kappa shape index (κ3) is 2.89. The van der Waals surface area contributed by atoms with Crippen molar-refractivity contribution >= 4 is 17.3 Å². The van der Waals surface area contributed by atoms with Crippen molar-refractivity contribution < 1.29 is 14.1 Å². The van der Waals surface area contributed by atoms with Crippen molar-refractivity contribution in [2.45, 2.75) is 6.54 Å². The van der Waals surface area contributed by atoms with Crippen molar-refractivity contribution in [1.82, 2.24) is 5.32 Å². The van der Waals surface area contributed by atoms with Crippen molar-refractivity contribution in [2.24, 2.45) is 0 Å². The third-order valence-electron chi connectivity index (χ3n) is 2.50. The summed E-state index contributed by atoms with van der Waals surface area (Å²) in [5.41, 5.74) is 6.25. The maximum atomic E-state index is 11.9. The lowest BCUT2D eigenvalue weighted by Crippen LogP contribution is -2.23. The van der Waals surface area contributed by atoms with E-state index in [1.54, 1.807) is 6.07 Å². The van der Waals surface area contributed by atoms with Gasteiger partial charge in [-0.05, 0) is 18.2 Å². The molecule has 1 heterocycles. The van der Waals surface area contributed by atoms with Gasteiger partial charge in [0.15, 0.2) is 0 Å². The Morgan fingerprint density at radius 1 is 1.42 bits per heavy atom. The number of nitrogens with zero attached hydrogens (tertiary/aromatic N) is 1. The first-order valence-corrected chi connectivity index (χ1v) is 5.41. The summed E-state index contributed by atoms with van der Waals surface area (Å²) in [5, 5.41) is 13.4. The number of furan rings is 1. The summed E-state index contributed by atoms with van der Waals surface area (Å²) >= 11 is 0. The van der Waals surface area contributed by atoms with E-state index in [4.69, 9.17) is 10.2 Å². The molecule has 0 aliphatic carbocycles. The second kappa shape index (κ2) is 5.21. The molecule has 19 heavy (non-hydrogen) atoms. The van der Waals surface area contributed by atoms with Gasteiger partial charge < -0.3 is 15.5 Å². The highest BCUT2D eigenvalue weighted by atomic mass is 16.6. The van der Waals surface area contributed by atoms with Crippen LogP contribution in [0, 0.1) is 10.1 Å².